The van der Waals surface area contributed by atoms with Crippen LogP contribution in [-0.2, 0) is 6.54 Å². The lowest BCUT2D eigenvalue weighted by Gasteiger charge is -2.36. The van der Waals surface area contributed by atoms with Crippen LogP contribution in [0.25, 0.3) is 11.3 Å². The van der Waals surface area contributed by atoms with Crippen molar-refractivity contribution in [3.63, 3.8) is 0 Å². The molecule has 1 aliphatic heterocycles. The molecule has 0 unspecified atom stereocenters. The van der Waals surface area contributed by atoms with Crippen molar-refractivity contribution in [1.29, 1.82) is 0 Å². The van der Waals surface area contributed by atoms with E-state index >= 15 is 0 Å². The largest absolute Gasteiger partial charge is 0.391 e. The number of aromatic nitrogens is 2. The van der Waals surface area contributed by atoms with Gasteiger partial charge >= 0.3 is 0 Å². The lowest BCUT2D eigenvalue weighted by Crippen LogP contribution is -2.42. The molecule has 1 saturated heterocycles. The Kier molecular flexibility index (Phi) is 4.82. The maximum absolute atomic E-state index is 13.1. The van der Waals surface area contributed by atoms with E-state index in [4.69, 9.17) is 0 Å². The van der Waals surface area contributed by atoms with Gasteiger partial charge in [-0.3, -0.25) is 10.00 Å². The zero-order valence-corrected chi connectivity index (χ0v) is 14.5. The summed E-state index contributed by atoms with van der Waals surface area (Å²) in [5, 5.41) is 17.9. The normalized spacial score (nSPS) is 21.0. The van der Waals surface area contributed by atoms with E-state index in [2.05, 4.69) is 27.2 Å². The Morgan fingerprint density at radius 3 is 2.62 bits per heavy atom. The number of likely N-dealkylation sites (tertiary alicyclic amines) is 1. The molecule has 2 atom stereocenters. The van der Waals surface area contributed by atoms with Gasteiger partial charge in [0.15, 0.2) is 0 Å². The summed E-state index contributed by atoms with van der Waals surface area (Å²) in [6, 6.07) is 16.6. The molecule has 1 fully saturated rings. The van der Waals surface area contributed by atoms with Crippen LogP contribution in [0.5, 0.6) is 0 Å². The summed E-state index contributed by atoms with van der Waals surface area (Å²) in [6.45, 7) is 2.23. The zero-order chi connectivity index (χ0) is 17.9. The number of benzene rings is 2. The fourth-order valence-electron chi connectivity index (χ4n) is 3.77. The summed E-state index contributed by atoms with van der Waals surface area (Å²) in [5.41, 5.74) is 4.28. The molecular weight excluding hydrogens is 329 g/mol. The summed E-state index contributed by atoms with van der Waals surface area (Å²) in [6.07, 6.45) is 2.26. The van der Waals surface area contributed by atoms with Gasteiger partial charge < -0.3 is 5.11 Å². The molecule has 5 heteroatoms. The maximum atomic E-state index is 13.1. The van der Waals surface area contributed by atoms with Crippen LogP contribution in [0, 0.1) is 5.82 Å². The third kappa shape index (κ3) is 3.54. The summed E-state index contributed by atoms with van der Waals surface area (Å²) >= 11 is 0. The molecule has 0 bridgehead atoms. The molecule has 1 aliphatic rings. The number of aromatic amines is 1. The number of aliphatic hydroxyl groups excluding tert-OH is 1. The third-order valence-electron chi connectivity index (χ3n) is 5.14. The van der Waals surface area contributed by atoms with Crippen LogP contribution in [0.1, 0.15) is 23.5 Å². The summed E-state index contributed by atoms with van der Waals surface area (Å²) in [7, 11) is 0. The van der Waals surface area contributed by atoms with E-state index in [9.17, 15) is 9.50 Å². The Bertz CT molecular complexity index is 847. The van der Waals surface area contributed by atoms with Gasteiger partial charge in [-0.15, -0.1) is 0 Å². The van der Waals surface area contributed by atoms with Gasteiger partial charge in [0, 0.05) is 24.6 Å². The first-order chi connectivity index (χ1) is 12.7. The zero-order valence-electron chi connectivity index (χ0n) is 14.5. The van der Waals surface area contributed by atoms with E-state index < -0.39 is 6.10 Å². The second-order valence-corrected chi connectivity index (χ2v) is 6.89. The Labute approximate surface area is 152 Å². The van der Waals surface area contributed by atoms with Crippen molar-refractivity contribution >= 4 is 0 Å². The smallest absolute Gasteiger partial charge is 0.123 e. The number of hydrogen-bond donors (Lipinski definition) is 2. The highest BCUT2D eigenvalue weighted by Gasteiger charge is 2.29. The summed E-state index contributed by atoms with van der Waals surface area (Å²) in [5.74, 6) is -0.182. The fourth-order valence-corrected chi connectivity index (χ4v) is 3.77. The highest BCUT2D eigenvalue weighted by molar-refractivity contribution is 5.62. The first kappa shape index (κ1) is 16.9. The van der Waals surface area contributed by atoms with Crippen molar-refractivity contribution in [3.05, 3.63) is 77.7 Å². The van der Waals surface area contributed by atoms with Gasteiger partial charge in [0.1, 0.15) is 5.82 Å². The lowest BCUT2D eigenvalue weighted by atomic mass is 9.87. The van der Waals surface area contributed by atoms with Crippen molar-refractivity contribution < 1.29 is 9.50 Å². The van der Waals surface area contributed by atoms with Gasteiger partial charge in [0.05, 0.1) is 18.0 Å². The molecule has 2 aromatic carbocycles. The van der Waals surface area contributed by atoms with Gasteiger partial charge in [0.25, 0.3) is 0 Å². The van der Waals surface area contributed by atoms with Crippen LogP contribution < -0.4 is 0 Å². The standard InChI is InChI=1S/C21H22FN3O/c22-18-8-6-15(7-9-18)19-10-11-25(14-20(19)26)13-17-12-23-24-21(17)16-4-2-1-3-5-16/h1-9,12,19-20,26H,10-11,13-14H2,(H,23,24)/t19-,20+/m0/s1. The van der Waals surface area contributed by atoms with Gasteiger partial charge in [-0.1, -0.05) is 42.5 Å². The first-order valence-electron chi connectivity index (χ1n) is 8.94. The number of H-pyrrole nitrogens is 1. The molecule has 134 valence electrons. The van der Waals surface area contributed by atoms with Crippen LogP contribution in [0.3, 0.4) is 0 Å². The van der Waals surface area contributed by atoms with Crippen LogP contribution >= 0.6 is 0 Å². The molecule has 3 aromatic rings. The summed E-state index contributed by atoms with van der Waals surface area (Å²) in [4.78, 5) is 2.25. The Morgan fingerprint density at radius 2 is 1.88 bits per heavy atom. The molecule has 0 saturated carbocycles. The van der Waals surface area contributed by atoms with Crippen LogP contribution in [0.4, 0.5) is 4.39 Å². The van der Waals surface area contributed by atoms with Crippen LogP contribution in [0.15, 0.2) is 60.8 Å². The average molecular weight is 351 g/mol. The van der Waals surface area contributed by atoms with Crippen LogP contribution in [0.2, 0.25) is 0 Å². The lowest BCUT2D eigenvalue weighted by molar-refractivity contribution is 0.0477. The highest BCUT2D eigenvalue weighted by atomic mass is 19.1. The minimum atomic E-state index is -0.457. The minimum absolute atomic E-state index is 0.0600. The Balaban J connectivity index is 1.44. The second kappa shape index (κ2) is 7.40. The number of halogens is 1. The molecule has 0 radical (unpaired) electrons. The summed E-state index contributed by atoms with van der Waals surface area (Å²) < 4.78 is 13.1. The molecule has 2 heterocycles. The van der Waals surface area contributed by atoms with Crippen molar-refractivity contribution in [2.24, 2.45) is 0 Å². The predicted octanol–water partition coefficient (Wildman–Crippen LogP) is 3.57. The monoisotopic (exact) mass is 351 g/mol. The molecule has 0 amide bonds. The van der Waals surface area contributed by atoms with Crippen LogP contribution in [-0.4, -0.2) is 39.4 Å². The Hall–Kier alpha value is -2.50. The van der Waals surface area contributed by atoms with E-state index in [1.807, 2.05) is 24.4 Å². The Morgan fingerprint density at radius 1 is 1.12 bits per heavy atom. The van der Waals surface area contributed by atoms with Gasteiger partial charge in [-0.25, -0.2) is 4.39 Å². The van der Waals surface area contributed by atoms with E-state index in [0.717, 1.165) is 41.9 Å². The predicted molar refractivity (Wildman–Crippen MR) is 99.1 cm³/mol. The molecule has 0 spiro atoms. The molecule has 4 rings (SSSR count). The second-order valence-electron chi connectivity index (χ2n) is 6.89. The number of rotatable bonds is 4. The molecule has 1 aromatic heterocycles. The van der Waals surface area contributed by atoms with Crippen molar-refractivity contribution in [2.45, 2.75) is 25.0 Å². The van der Waals surface area contributed by atoms with Gasteiger partial charge in [-0.2, -0.15) is 5.10 Å². The van der Waals surface area contributed by atoms with E-state index in [0.29, 0.717) is 6.54 Å². The highest BCUT2D eigenvalue weighted by Crippen LogP contribution is 2.30. The van der Waals surface area contributed by atoms with Crippen molar-refractivity contribution in [1.82, 2.24) is 15.1 Å². The van der Waals surface area contributed by atoms with Crippen molar-refractivity contribution in [2.75, 3.05) is 13.1 Å². The SMILES string of the molecule is O[C@@H]1CN(Cc2cn[nH]c2-c2ccccc2)CC[C@H]1c1ccc(F)cc1. The number of hydrogen-bond acceptors (Lipinski definition) is 3. The first-order valence-corrected chi connectivity index (χ1v) is 8.94. The quantitative estimate of drug-likeness (QED) is 0.756. The average Bonchev–Trinajstić information content (AvgIpc) is 3.12. The third-order valence-corrected chi connectivity index (χ3v) is 5.14. The molecule has 0 aliphatic carbocycles. The topological polar surface area (TPSA) is 52.1 Å². The van der Waals surface area contributed by atoms with E-state index in [-0.39, 0.29) is 11.7 Å². The molecule has 2 N–H and O–H groups in total. The molecular formula is C21H22FN3O. The fraction of sp³-hybridized carbons (Fsp3) is 0.286. The minimum Gasteiger partial charge on any atom is -0.391 e. The van der Waals surface area contributed by atoms with Gasteiger partial charge in [-0.05, 0) is 36.2 Å². The number of nitrogens with zero attached hydrogens (tertiary/aromatic N) is 2. The van der Waals surface area contributed by atoms with E-state index in [1.165, 1.54) is 12.1 Å². The number of nitrogens with one attached hydrogen (secondary N) is 1. The van der Waals surface area contributed by atoms with Gasteiger partial charge in [0.2, 0.25) is 0 Å². The molecule has 4 nitrogen and oxygen atoms in total. The maximum Gasteiger partial charge on any atom is 0.123 e. The van der Waals surface area contributed by atoms with E-state index in [1.54, 1.807) is 12.1 Å². The number of β-amino-alcohol motifs (C(OH)–C–C–N with tert-alkyl or cyclic N) is 1. The number of aliphatic hydroxyl groups is 1. The van der Waals surface area contributed by atoms with Crippen molar-refractivity contribution in [3.8, 4) is 11.3 Å². The molecule has 26 heavy (non-hydrogen) atoms. The number of piperidine rings is 1.